The van der Waals surface area contributed by atoms with Crippen LogP contribution in [-0.2, 0) is 34.0 Å². The molecule has 35 heavy (non-hydrogen) atoms. The van der Waals surface area contributed by atoms with Crippen LogP contribution in [0.2, 0.25) is 0 Å². The summed E-state index contributed by atoms with van der Waals surface area (Å²) in [5.41, 5.74) is 2.80. The van der Waals surface area contributed by atoms with Gasteiger partial charge in [-0.15, -0.1) is 0 Å². The minimum absolute atomic E-state index is 0.242. The summed E-state index contributed by atoms with van der Waals surface area (Å²) in [6.45, 7) is 0.789. The fourth-order valence-electron chi connectivity index (χ4n) is 4.14. The van der Waals surface area contributed by atoms with Crippen molar-refractivity contribution in [3.05, 3.63) is 95.6 Å². The molecule has 3 aromatic rings. The SMILES string of the molecule is COc1ccc(CO[C@H]2[C@H](OCc3ccc(OC)cc3)[C@H](O)[C@H](O)[C@@H]2OCc2ccccc2)cc1. The van der Waals surface area contributed by atoms with Crippen LogP contribution in [0.5, 0.6) is 11.5 Å². The van der Waals surface area contributed by atoms with E-state index in [4.69, 9.17) is 23.7 Å². The lowest BCUT2D eigenvalue weighted by Crippen LogP contribution is -2.38. The van der Waals surface area contributed by atoms with Gasteiger partial charge in [-0.25, -0.2) is 0 Å². The lowest BCUT2D eigenvalue weighted by Gasteiger charge is -2.26. The van der Waals surface area contributed by atoms with Crippen molar-refractivity contribution >= 4 is 0 Å². The normalized spacial score (nSPS) is 23.8. The maximum atomic E-state index is 10.8. The lowest BCUT2D eigenvalue weighted by molar-refractivity contribution is -0.136. The highest BCUT2D eigenvalue weighted by Crippen LogP contribution is 2.31. The molecule has 1 aliphatic carbocycles. The van der Waals surface area contributed by atoms with Crippen molar-refractivity contribution in [3.8, 4) is 11.5 Å². The first-order valence-electron chi connectivity index (χ1n) is 11.6. The molecule has 1 aliphatic rings. The van der Waals surface area contributed by atoms with Gasteiger partial charge in [0.15, 0.2) is 0 Å². The van der Waals surface area contributed by atoms with E-state index in [1.807, 2.05) is 78.9 Å². The summed E-state index contributed by atoms with van der Waals surface area (Å²) in [7, 11) is 3.23. The first kappa shape index (κ1) is 25.2. The van der Waals surface area contributed by atoms with Gasteiger partial charge in [0, 0.05) is 0 Å². The van der Waals surface area contributed by atoms with Crippen molar-refractivity contribution in [1.82, 2.24) is 0 Å². The molecule has 7 nitrogen and oxygen atoms in total. The quantitative estimate of drug-likeness (QED) is 0.434. The Morgan fingerprint density at radius 2 is 0.886 bits per heavy atom. The molecule has 5 atom stereocenters. The number of hydrogen-bond acceptors (Lipinski definition) is 7. The first-order chi connectivity index (χ1) is 17.1. The summed E-state index contributed by atoms with van der Waals surface area (Å²) in [5.74, 6) is 1.50. The lowest BCUT2D eigenvalue weighted by atomic mass is 10.2. The van der Waals surface area contributed by atoms with Crippen molar-refractivity contribution in [3.63, 3.8) is 0 Å². The van der Waals surface area contributed by atoms with Crippen LogP contribution >= 0.6 is 0 Å². The third-order valence-corrected chi connectivity index (χ3v) is 6.16. The van der Waals surface area contributed by atoms with E-state index in [0.29, 0.717) is 0 Å². The zero-order chi connectivity index (χ0) is 24.6. The fourth-order valence-corrected chi connectivity index (χ4v) is 4.14. The Labute approximate surface area is 205 Å². The summed E-state index contributed by atoms with van der Waals surface area (Å²) in [6.07, 6.45) is -4.52. The fraction of sp³-hybridized carbons (Fsp3) is 0.357. The van der Waals surface area contributed by atoms with Gasteiger partial charge in [0.25, 0.3) is 0 Å². The van der Waals surface area contributed by atoms with Gasteiger partial charge in [0.1, 0.15) is 42.0 Å². The van der Waals surface area contributed by atoms with Gasteiger partial charge >= 0.3 is 0 Å². The standard InChI is InChI=1S/C28H32O7/c1-31-22-12-8-20(9-13-22)17-34-27-25(30)24(29)26(33-16-19-6-4-3-5-7-19)28(27)35-18-21-10-14-23(32-2)15-11-21/h3-15,24-30H,16-18H2,1-2H3/t24-,25+,26-,27+,28+/m0/s1. The predicted octanol–water partition coefficient (Wildman–Crippen LogP) is 3.50. The van der Waals surface area contributed by atoms with Crippen LogP contribution in [0, 0.1) is 0 Å². The molecule has 0 saturated heterocycles. The topological polar surface area (TPSA) is 86.6 Å². The molecule has 0 unspecified atom stereocenters. The second-order valence-electron chi connectivity index (χ2n) is 8.49. The second-order valence-corrected chi connectivity index (χ2v) is 8.49. The maximum Gasteiger partial charge on any atom is 0.118 e. The average molecular weight is 481 g/mol. The van der Waals surface area contributed by atoms with Crippen LogP contribution in [0.15, 0.2) is 78.9 Å². The molecule has 4 rings (SSSR count). The molecular formula is C28H32O7. The van der Waals surface area contributed by atoms with Crippen molar-refractivity contribution in [2.75, 3.05) is 14.2 Å². The van der Waals surface area contributed by atoms with Gasteiger partial charge in [-0.3, -0.25) is 0 Å². The van der Waals surface area contributed by atoms with E-state index < -0.39 is 30.5 Å². The second kappa shape index (κ2) is 12.2. The first-order valence-corrected chi connectivity index (χ1v) is 11.6. The molecule has 0 radical (unpaired) electrons. The molecule has 2 N–H and O–H groups in total. The van der Waals surface area contributed by atoms with E-state index >= 15 is 0 Å². The van der Waals surface area contributed by atoms with Crippen molar-refractivity contribution in [2.24, 2.45) is 0 Å². The summed E-state index contributed by atoms with van der Waals surface area (Å²) in [5, 5.41) is 21.7. The summed E-state index contributed by atoms with van der Waals surface area (Å²) in [6, 6.07) is 24.7. The number of ether oxygens (including phenoxy) is 5. The third kappa shape index (κ3) is 6.39. The van der Waals surface area contributed by atoms with Crippen molar-refractivity contribution in [1.29, 1.82) is 0 Å². The Bertz CT molecular complexity index is 1020. The van der Waals surface area contributed by atoms with Gasteiger partial charge in [-0.2, -0.15) is 0 Å². The molecule has 3 aromatic carbocycles. The van der Waals surface area contributed by atoms with Gasteiger partial charge in [-0.1, -0.05) is 54.6 Å². The Kier molecular flexibility index (Phi) is 8.74. The molecule has 186 valence electrons. The smallest absolute Gasteiger partial charge is 0.118 e. The van der Waals surface area contributed by atoms with Gasteiger partial charge in [-0.05, 0) is 41.0 Å². The summed E-state index contributed by atoms with van der Waals surface area (Å²) in [4.78, 5) is 0. The van der Waals surface area contributed by atoms with Gasteiger partial charge < -0.3 is 33.9 Å². The minimum atomic E-state index is -1.16. The van der Waals surface area contributed by atoms with E-state index in [-0.39, 0.29) is 19.8 Å². The van der Waals surface area contributed by atoms with Crippen molar-refractivity contribution < 1.29 is 33.9 Å². The predicted molar refractivity (Wildman–Crippen MR) is 130 cm³/mol. The molecule has 0 bridgehead atoms. The molecule has 1 fully saturated rings. The molecule has 1 saturated carbocycles. The highest BCUT2D eigenvalue weighted by atomic mass is 16.6. The van der Waals surface area contributed by atoms with Crippen LogP contribution in [0.4, 0.5) is 0 Å². The van der Waals surface area contributed by atoms with Crippen LogP contribution in [0.25, 0.3) is 0 Å². The number of aliphatic hydroxyl groups is 2. The van der Waals surface area contributed by atoms with Crippen LogP contribution < -0.4 is 9.47 Å². The van der Waals surface area contributed by atoms with E-state index in [2.05, 4.69) is 0 Å². The molecule has 0 aromatic heterocycles. The van der Waals surface area contributed by atoms with Crippen LogP contribution in [0.1, 0.15) is 16.7 Å². The van der Waals surface area contributed by atoms with E-state index in [9.17, 15) is 10.2 Å². The number of hydrogen-bond donors (Lipinski definition) is 2. The molecule has 0 heterocycles. The molecule has 0 spiro atoms. The van der Waals surface area contributed by atoms with Gasteiger partial charge in [0.2, 0.25) is 0 Å². The van der Waals surface area contributed by atoms with E-state index in [1.165, 1.54) is 0 Å². The average Bonchev–Trinajstić information content (AvgIpc) is 3.14. The number of rotatable bonds is 11. The Morgan fingerprint density at radius 1 is 0.514 bits per heavy atom. The Balaban J connectivity index is 1.47. The zero-order valence-electron chi connectivity index (χ0n) is 19.9. The molecule has 0 aliphatic heterocycles. The largest absolute Gasteiger partial charge is 0.497 e. The van der Waals surface area contributed by atoms with Crippen LogP contribution in [0.3, 0.4) is 0 Å². The Hall–Kier alpha value is -2.94. The third-order valence-electron chi connectivity index (χ3n) is 6.16. The summed E-state index contributed by atoms with van der Waals surface area (Å²) < 4.78 is 28.8. The molecule has 0 amide bonds. The number of benzene rings is 3. The monoisotopic (exact) mass is 480 g/mol. The highest BCUT2D eigenvalue weighted by molar-refractivity contribution is 5.27. The maximum absolute atomic E-state index is 10.8. The minimum Gasteiger partial charge on any atom is -0.497 e. The number of aliphatic hydroxyl groups excluding tert-OH is 2. The van der Waals surface area contributed by atoms with Crippen LogP contribution in [-0.4, -0.2) is 55.0 Å². The zero-order valence-corrected chi connectivity index (χ0v) is 19.9. The molecule has 7 heteroatoms. The van der Waals surface area contributed by atoms with Crippen molar-refractivity contribution in [2.45, 2.75) is 50.3 Å². The Morgan fingerprint density at radius 3 is 1.29 bits per heavy atom. The highest BCUT2D eigenvalue weighted by Gasteiger charge is 2.52. The molecular weight excluding hydrogens is 448 g/mol. The van der Waals surface area contributed by atoms with E-state index in [0.717, 1.165) is 28.2 Å². The number of methoxy groups -OCH3 is 2. The van der Waals surface area contributed by atoms with E-state index in [1.54, 1.807) is 14.2 Å². The summed E-state index contributed by atoms with van der Waals surface area (Å²) >= 11 is 0. The van der Waals surface area contributed by atoms with Gasteiger partial charge in [0.05, 0.1) is 34.0 Å².